The number of aryl methyl sites for hydroxylation is 1. The van der Waals surface area contributed by atoms with E-state index in [1.807, 2.05) is 10.9 Å². The fraction of sp³-hybridized carbons (Fsp3) is 0.875. The Hall–Kier alpha value is -1.02. The van der Waals surface area contributed by atoms with Crippen LogP contribution in [-0.4, -0.2) is 67.8 Å². The third kappa shape index (κ3) is 11.2. The molecule has 134 valence electrons. The Labute approximate surface area is 139 Å². The van der Waals surface area contributed by atoms with Gasteiger partial charge in [0.2, 0.25) is 0 Å². The molecule has 1 rings (SSSR count). The van der Waals surface area contributed by atoms with Gasteiger partial charge in [0.1, 0.15) is 0 Å². The van der Waals surface area contributed by atoms with Gasteiger partial charge in [-0.1, -0.05) is 25.5 Å². The van der Waals surface area contributed by atoms with E-state index < -0.39 is 0 Å². The van der Waals surface area contributed by atoms with Gasteiger partial charge in [0.25, 0.3) is 0 Å². The summed E-state index contributed by atoms with van der Waals surface area (Å²) >= 11 is 0. The molecule has 0 atom stereocenters. The van der Waals surface area contributed by atoms with Crippen molar-refractivity contribution in [3.63, 3.8) is 0 Å². The second kappa shape index (κ2) is 14.6. The third-order valence-electron chi connectivity index (χ3n) is 3.02. The van der Waals surface area contributed by atoms with Gasteiger partial charge in [-0.05, 0) is 12.8 Å². The third-order valence-corrected chi connectivity index (χ3v) is 3.02. The Morgan fingerprint density at radius 2 is 1.35 bits per heavy atom. The first-order valence-electron chi connectivity index (χ1n) is 8.56. The fourth-order valence-electron chi connectivity index (χ4n) is 1.88. The van der Waals surface area contributed by atoms with Crippen molar-refractivity contribution in [3.05, 3.63) is 11.9 Å². The van der Waals surface area contributed by atoms with Crippen LogP contribution in [0.2, 0.25) is 0 Å². The highest BCUT2D eigenvalue weighted by Crippen LogP contribution is 1.97. The first-order valence-corrected chi connectivity index (χ1v) is 8.56. The minimum Gasteiger partial charge on any atom is -0.379 e. The lowest BCUT2D eigenvalue weighted by Crippen LogP contribution is -2.13. The second-order valence-electron chi connectivity index (χ2n) is 5.17. The highest BCUT2D eigenvalue weighted by atomic mass is 16.6. The van der Waals surface area contributed by atoms with Crippen LogP contribution >= 0.6 is 0 Å². The predicted molar refractivity (Wildman–Crippen MR) is 87.6 cm³/mol. The van der Waals surface area contributed by atoms with Gasteiger partial charge in [-0.15, -0.1) is 5.10 Å². The molecule has 1 aromatic rings. The maximum atomic E-state index is 5.50. The maximum Gasteiger partial charge on any atom is 0.0827 e. The topological polar surface area (TPSA) is 67.6 Å². The Balaban J connectivity index is 1.81. The molecule has 0 spiro atoms. The van der Waals surface area contributed by atoms with Crippen LogP contribution in [-0.2, 0) is 31.9 Å². The SMILES string of the molecule is CCCOCCOCCOCCOCCn1cc(CCC)nn1. The Bertz CT molecular complexity index is 374. The molecule has 0 bridgehead atoms. The Morgan fingerprint density at radius 1 is 0.783 bits per heavy atom. The van der Waals surface area contributed by atoms with Crippen LogP contribution in [0.1, 0.15) is 32.4 Å². The minimum absolute atomic E-state index is 0.578. The van der Waals surface area contributed by atoms with E-state index in [1.54, 1.807) is 0 Å². The number of nitrogens with zero attached hydrogens (tertiary/aromatic N) is 3. The number of hydrogen-bond donors (Lipinski definition) is 0. The first kappa shape index (κ1) is 20.0. The molecule has 0 amide bonds. The molecule has 7 nitrogen and oxygen atoms in total. The molecule has 0 aliphatic rings. The van der Waals surface area contributed by atoms with E-state index in [0.29, 0.717) is 46.2 Å². The molecule has 23 heavy (non-hydrogen) atoms. The highest BCUT2D eigenvalue weighted by Gasteiger charge is 1.99. The van der Waals surface area contributed by atoms with Crippen molar-refractivity contribution < 1.29 is 18.9 Å². The highest BCUT2D eigenvalue weighted by molar-refractivity contribution is 4.91. The summed E-state index contributed by atoms with van der Waals surface area (Å²) in [6.45, 7) is 9.96. The van der Waals surface area contributed by atoms with Crippen molar-refractivity contribution >= 4 is 0 Å². The zero-order valence-electron chi connectivity index (χ0n) is 14.5. The van der Waals surface area contributed by atoms with Crippen LogP contribution < -0.4 is 0 Å². The van der Waals surface area contributed by atoms with Crippen molar-refractivity contribution in [3.8, 4) is 0 Å². The molecule has 0 saturated heterocycles. The van der Waals surface area contributed by atoms with Gasteiger partial charge in [-0.2, -0.15) is 0 Å². The number of ether oxygens (including phenoxy) is 4. The van der Waals surface area contributed by atoms with Crippen molar-refractivity contribution in [2.45, 2.75) is 39.7 Å². The smallest absolute Gasteiger partial charge is 0.0827 e. The van der Waals surface area contributed by atoms with Crippen LogP contribution in [0.4, 0.5) is 0 Å². The van der Waals surface area contributed by atoms with Gasteiger partial charge < -0.3 is 18.9 Å². The Kier molecular flexibility index (Phi) is 12.7. The molecular formula is C16H31N3O4. The largest absolute Gasteiger partial charge is 0.379 e. The average Bonchev–Trinajstić information content (AvgIpc) is 3.00. The molecule has 0 saturated carbocycles. The molecule has 0 aliphatic heterocycles. The molecule has 0 aliphatic carbocycles. The maximum absolute atomic E-state index is 5.50. The zero-order chi connectivity index (χ0) is 16.6. The molecule has 1 aromatic heterocycles. The molecule has 0 aromatic carbocycles. The van der Waals surface area contributed by atoms with Crippen molar-refractivity contribution in [1.29, 1.82) is 0 Å². The predicted octanol–water partition coefficient (Wildman–Crippen LogP) is 1.71. The van der Waals surface area contributed by atoms with Crippen molar-refractivity contribution in [1.82, 2.24) is 15.0 Å². The summed E-state index contributed by atoms with van der Waals surface area (Å²) in [7, 11) is 0. The fourth-order valence-corrected chi connectivity index (χ4v) is 1.88. The van der Waals surface area contributed by atoms with E-state index >= 15 is 0 Å². The van der Waals surface area contributed by atoms with Crippen LogP contribution in [0.15, 0.2) is 6.20 Å². The summed E-state index contributed by atoms with van der Waals surface area (Å²) in [6.07, 6.45) is 5.08. The number of aromatic nitrogens is 3. The van der Waals surface area contributed by atoms with Crippen molar-refractivity contribution in [2.75, 3.05) is 52.9 Å². The summed E-state index contributed by atoms with van der Waals surface area (Å²) in [6, 6.07) is 0. The van der Waals surface area contributed by atoms with E-state index in [2.05, 4.69) is 24.2 Å². The van der Waals surface area contributed by atoms with Gasteiger partial charge in [0.15, 0.2) is 0 Å². The number of hydrogen-bond acceptors (Lipinski definition) is 6. The van der Waals surface area contributed by atoms with E-state index in [4.69, 9.17) is 18.9 Å². The lowest BCUT2D eigenvalue weighted by Gasteiger charge is -2.07. The molecule has 0 radical (unpaired) electrons. The number of rotatable bonds is 16. The van der Waals surface area contributed by atoms with E-state index in [9.17, 15) is 0 Å². The van der Waals surface area contributed by atoms with E-state index in [1.165, 1.54) is 0 Å². The minimum atomic E-state index is 0.578. The summed E-state index contributed by atoms with van der Waals surface area (Å²) in [5.74, 6) is 0. The lowest BCUT2D eigenvalue weighted by molar-refractivity contribution is -0.00269. The molecule has 0 unspecified atom stereocenters. The summed E-state index contributed by atoms with van der Waals surface area (Å²) in [4.78, 5) is 0. The van der Waals surface area contributed by atoms with Gasteiger partial charge in [-0.3, -0.25) is 0 Å². The summed E-state index contributed by atoms with van der Waals surface area (Å²) < 4.78 is 23.4. The molecule has 7 heteroatoms. The van der Waals surface area contributed by atoms with Gasteiger partial charge in [0.05, 0.1) is 58.5 Å². The van der Waals surface area contributed by atoms with Gasteiger partial charge >= 0.3 is 0 Å². The normalized spacial score (nSPS) is 11.2. The Morgan fingerprint density at radius 3 is 1.91 bits per heavy atom. The standard InChI is InChI=1S/C16H31N3O4/c1-3-5-16-15-19(18-17-16)6-8-21-10-12-23-14-13-22-11-9-20-7-4-2/h15H,3-14H2,1-2H3. The van der Waals surface area contributed by atoms with Crippen LogP contribution in [0.25, 0.3) is 0 Å². The van der Waals surface area contributed by atoms with Gasteiger partial charge in [0, 0.05) is 12.8 Å². The molecular weight excluding hydrogens is 298 g/mol. The van der Waals surface area contributed by atoms with Crippen molar-refractivity contribution in [2.24, 2.45) is 0 Å². The van der Waals surface area contributed by atoms with Crippen LogP contribution in [0.5, 0.6) is 0 Å². The quantitative estimate of drug-likeness (QED) is 0.430. The van der Waals surface area contributed by atoms with Gasteiger partial charge in [-0.25, -0.2) is 4.68 Å². The molecule has 0 N–H and O–H groups in total. The summed E-state index contributed by atoms with van der Waals surface area (Å²) in [5.41, 5.74) is 1.04. The first-order chi connectivity index (χ1) is 11.4. The van der Waals surface area contributed by atoms with E-state index in [0.717, 1.165) is 38.1 Å². The summed E-state index contributed by atoms with van der Waals surface area (Å²) in [5, 5.41) is 8.15. The zero-order valence-corrected chi connectivity index (χ0v) is 14.5. The second-order valence-corrected chi connectivity index (χ2v) is 5.17. The van der Waals surface area contributed by atoms with Crippen LogP contribution in [0, 0.1) is 0 Å². The van der Waals surface area contributed by atoms with Crippen LogP contribution in [0.3, 0.4) is 0 Å². The molecule has 0 fully saturated rings. The van der Waals surface area contributed by atoms with E-state index in [-0.39, 0.29) is 0 Å². The molecule has 1 heterocycles. The average molecular weight is 329 g/mol. The monoisotopic (exact) mass is 329 g/mol. The lowest BCUT2D eigenvalue weighted by atomic mass is 10.3.